The second-order valence-corrected chi connectivity index (χ2v) is 9.13. The molecule has 0 radical (unpaired) electrons. The van der Waals surface area contributed by atoms with Crippen molar-refractivity contribution in [3.05, 3.63) is 71.9 Å². The largest absolute Gasteiger partial charge is 0.490 e. The Morgan fingerprint density at radius 2 is 1.97 bits per heavy atom. The molecule has 1 aliphatic heterocycles. The fourth-order valence-electron chi connectivity index (χ4n) is 4.03. The van der Waals surface area contributed by atoms with Crippen molar-refractivity contribution in [2.75, 3.05) is 42.8 Å². The third-order valence-corrected chi connectivity index (χ3v) is 6.41. The molecule has 9 nitrogen and oxygen atoms in total. The molecule has 1 aromatic heterocycles. The molecule has 0 fully saturated rings. The lowest BCUT2D eigenvalue weighted by Gasteiger charge is -2.23. The lowest BCUT2D eigenvalue weighted by atomic mass is 10.1. The van der Waals surface area contributed by atoms with E-state index in [-0.39, 0.29) is 18.6 Å². The number of ether oxygens (including phenoxy) is 2. The first-order chi connectivity index (χ1) is 17.4. The van der Waals surface area contributed by atoms with Gasteiger partial charge in [0.1, 0.15) is 23.2 Å². The summed E-state index contributed by atoms with van der Waals surface area (Å²) < 4.78 is 11.3. The van der Waals surface area contributed by atoms with Gasteiger partial charge in [0.15, 0.2) is 5.16 Å². The summed E-state index contributed by atoms with van der Waals surface area (Å²) in [5.41, 5.74) is 7.41. The van der Waals surface area contributed by atoms with Gasteiger partial charge in [-0.3, -0.25) is 4.79 Å². The van der Waals surface area contributed by atoms with Crippen molar-refractivity contribution in [1.82, 2.24) is 9.97 Å². The maximum Gasteiger partial charge on any atom is 0.404 e. The summed E-state index contributed by atoms with van der Waals surface area (Å²) in [6.07, 6.45) is 3.53. The van der Waals surface area contributed by atoms with Gasteiger partial charge in [-0.25, -0.2) is 14.8 Å². The van der Waals surface area contributed by atoms with Crippen molar-refractivity contribution in [3.63, 3.8) is 0 Å². The Morgan fingerprint density at radius 1 is 1.17 bits per heavy atom. The number of hydrogen-bond donors (Lipinski definition) is 1. The first kappa shape index (κ1) is 25.3. The van der Waals surface area contributed by atoms with E-state index in [0.29, 0.717) is 48.2 Å². The molecule has 2 heterocycles. The number of carbonyl (C=O) groups is 2. The molecule has 0 spiro atoms. The van der Waals surface area contributed by atoms with Gasteiger partial charge in [0, 0.05) is 50.9 Å². The third kappa shape index (κ3) is 6.25. The van der Waals surface area contributed by atoms with Gasteiger partial charge >= 0.3 is 6.09 Å². The lowest BCUT2D eigenvalue weighted by Crippen LogP contribution is -2.33. The molecule has 0 aliphatic carbocycles. The number of anilines is 2. The quantitative estimate of drug-likeness (QED) is 0.344. The van der Waals surface area contributed by atoms with E-state index in [0.717, 1.165) is 11.3 Å². The molecule has 4 rings (SSSR count). The maximum absolute atomic E-state index is 13.5. The van der Waals surface area contributed by atoms with Crippen LogP contribution in [-0.2, 0) is 11.2 Å². The molecule has 36 heavy (non-hydrogen) atoms. The van der Waals surface area contributed by atoms with Crippen LogP contribution in [0, 0.1) is 0 Å². The first-order valence-electron chi connectivity index (χ1n) is 11.6. The van der Waals surface area contributed by atoms with Crippen molar-refractivity contribution in [2.45, 2.75) is 24.1 Å². The molecule has 1 aliphatic rings. The van der Waals surface area contributed by atoms with E-state index in [4.69, 9.17) is 15.2 Å². The zero-order chi connectivity index (χ0) is 25.5. The Labute approximate surface area is 214 Å². The molecule has 188 valence electrons. The number of hydrogen-bond acceptors (Lipinski definition) is 8. The van der Waals surface area contributed by atoms with E-state index >= 15 is 0 Å². The Balaban J connectivity index is 1.55. The van der Waals surface area contributed by atoms with Crippen LogP contribution < -0.4 is 20.3 Å². The third-order valence-electron chi connectivity index (χ3n) is 5.85. The Bertz CT molecular complexity index is 1210. The van der Waals surface area contributed by atoms with E-state index < -0.39 is 6.09 Å². The second kappa shape index (κ2) is 11.8. The summed E-state index contributed by atoms with van der Waals surface area (Å²) >= 11 is 1.44. The Kier molecular flexibility index (Phi) is 8.27. The average molecular weight is 508 g/mol. The molecule has 2 amide bonds. The van der Waals surface area contributed by atoms with Crippen molar-refractivity contribution in [3.8, 4) is 5.75 Å². The van der Waals surface area contributed by atoms with Crippen LogP contribution in [0.3, 0.4) is 0 Å². The highest BCUT2D eigenvalue weighted by Crippen LogP contribution is 2.29. The molecular weight excluding hydrogens is 478 g/mol. The molecule has 1 unspecified atom stereocenters. The van der Waals surface area contributed by atoms with Gasteiger partial charge in [0.2, 0.25) is 0 Å². The number of thioether (sulfide) groups is 1. The van der Waals surface area contributed by atoms with E-state index in [2.05, 4.69) is 9.97 Å². The molecule has 10 heteroatoms. The molecule has 0 saturated carbocycles. The van der Waals surface area contributed by atoms with Crippen LogP contribution in [0.5, 0.6) is 5.75 Å². The number of benzene rings is 2. The van der Waals surface area contributed by atoms with Gasteiger partial charge in [0.05, 0.1) is 6.61 Å². The zero-order valence-electron chi connectivity index (χ0n) is 20.3. The second-order valence-electron chi connectivity index (χ2n) is 8.36. The first-order valence-corrected chi connectivity index (χ1v) is 12.8. The predicted octanol–water partition coefficient (Wildman–Crippen LogP) is 3.77. The van der Waals surface area contributed by atoms with Gasteiger partial charge in [0.25, 0.3) is 5.91 Å². The number of aromatic nitrogens is 2. The Morgan fingerprint density at radius 3 is 2.72 bits per heavy atom. The summed E-state index contributed by atoms with van der Waals surface area (Å²) in [7, 11) is 1.93. The van der Waals surface area contributed by atoms with E-state index in [1.807, 2.05) is 72.8 Å². The number of primary amides is 1. The number of rotatable bonds is 9. The van der Waals surface area contributed by atoms with Crippen LogP contribution in [0.1, 0.15) is 22.3 Å². The van der Waals surface area contributed by atoms with Gasteiger partial charge in [-0.15, -0.1) is 0 Å². The van der Waals surface area contributed by atoms with Gasteiger partial charge < -0.3 is 25.0 Å². The highest BCUT2D eigenvalue weighted by Gasteiger charge is 2.28. The van der Waals surface area contributed by atoms with Gasteiger partial charge in [-0.1, -0.05) is 48.2 Å². The summed E-state index contributed by atoms with van der Waals surface area (Å²) in [5.74, 6) is 1.09. The number of amides is 2. The van der Waals surface area contributed by atoms with Crippen molar-refractivity contribution in [2.24, 2.45) is 5.73 Å². The van der Waals surface area contributed by atoms with Crippen molar-refractivity contribution >= 4 is 35.3 Å². The SMILES string of the molecule is CSc1ncc2c(n1)N(C)CCN(c1cccc(OC(CCOC(N)=O)Cc3ccccc3)c1)C2=O. The normalized spacial score (nSPS) is 14.1. The summed E-state index contributed by atoms with van der Waals surface area (Å²) in [6, 6.07) is 17.4. The van der Waals surface area contributed by atoms with Gasteiger partial charge in [-0.05, 0) is 24.0 Å². The maximum atomic E-state index is 13.5. The molecule has 2 aromatic carbocycles. The standard InChI is InChI=1S/C26H29N5O4S/c1-30-12-13-31(24(32)22-17-28-26(36-2)29-23(22)30)19-9-6-10-20(16-19)35-21(11-14-34-25(27)33)15-18-7-4-3-5-8-18/h3-10,16-17,21H,11-15H2,1-2H3,(H2,27,33). The van der Waals surface area contributed by atoms with E-state index in [9.17, 15) is 9.59 Å². The number of likely N-dealkylation sites (N-methyl/N-ethyl adjacent to an activating group) is 1. The summed E-state index contributed by atoms with van der Waals surface area (Å²) in [6.45, 7) is 1.26. The number of nitrogens with two attached hydrogens (primary N) is 1. The van der Waals surface area contributed by atoms with Crippen molar-refractivity contribution < 1.29 is 19.1 Å². The minimum Gasteiger partial charge on any atom is -0.490 e. The molecule has 0 bridgehead atoms. The lowest BCUT2D eigenvalue weighted by molar-refractivity contribution is 0.0989. The fourth-order valence-corrected chi connectivity index (χ4v) is 4.37. The number of fused-ring (bicyclic) bond motifs is 1. The molecular formula is C26H29N5O4S. The summed E-state index contributed by atoms with van der Waals surface area (Å²) in [4.78, 5) is 37.1. The molecule has 3 aromatic rings. The molecule has 0 saturated heterocycles. The van der Waals surface area contributed by atoms with E-state index in [1.165, 1.54) is 11.8 Å². The van der Waals surface area contributed by atoms with Crippen molar-refractivity contribution in [1.29, 1.82) is 0 Å². The van der Waals surface area contributed by atoms with Crippen LogP contribution in [0.15, 0.2) is 66.0 Å². The molecule has 2 N–H and O–H groups in total. The molecule has 1 atom stereocenters. The topological polar surface area (TPSA) is 111 Å². The highest BCUT2D eigenvalue weighted by atomic mass is 32.2. The van der Waals surface area contributed by atoms with Crippen LogP contribution in [-0.4, -0.2) is 61.1 Å². The predicted molar refractivity (Wildman–Crippen MR) is 140 cm³/mol. The van der Waals surface area contributed by atoms with Crippen LogP contribution in [0.4, 0.5) is 16.3 Å². The minimum atomic E-state index is -0.811. The van der Waals surface area contributed by atoms with E-state index in [1.54, 1.807) is 11.1 Å². The highest BCUT2D eigenvalue weighted by molar-refractivity contribution is 7.98. The minimum absolute atomic E-state index is 0.151. The van der Waals surface area contributed by atoms with Gasteiger partial charge in [-0.2, -0.15) is 0 Å². The van der Waals surface area contributed by atoms with Crippen LogP contribution in [0.25, 0.3) is 0 Å². The monoisotopic (exact) mass is 507 g/mol. The fraction of sp³-hybridized carbons (Fsp3) is 0.308. The van der Waals surface area contributed by atoms with Crippen LogP contribution in [0.2, 0.25) is 0 Å². The summed E-state index contributed by atoms with van der Waals surface area (Å²) in [5, 5.41) is 0.627. The Hall–Kier alpha value is -3.79. The zero-order valence-corrected chi connectivity index (χ0v) is 21.1. The van der Waals surface area contributed by atoms with Crippen LogP contribution >= 0.6 is 11.8 Å². The number of carbonyl (C=O) groups excluding carboxylic acids is 2. The smallest absolute Gasteiger partial charge is 0.404 e. The average Bonchev–Trinajstić information content (AvgIpc) is 3.00. The number of nitrogens with zero attached hydrogens (tertiary/aromatic N) is 4.